The summed E-state index contributed by atoms with van der Waals surface area (Å²) in [5.74, 6) is 11.7. The van der Waals surface area contributed by atoms with Crippen molar-refractivity contribution in [1.82, 2.24) is 0 Å². The Kier molecular flexibility index (Phi) is 6.20. The Hall–Kier alpha value is -1.90. The molecule has 0 aliphatic rings. The van der Waals surface area contributed by atoms with E-state index in [1.54, 1.807) is 0 Å². The van der Waals surface area contributed by atoms with Crippen molar-refractivity contribution in [1.29, 1.82) is 0 Å². The maximum absolute atomic E-state index is 5.99. The third-order valence-corrected chi connectivity index (χ3v) is 3.20. The lowest BCUT2D eigenvalue weighted by molar-refractivity contribution is 0.204. The van der Waals surface area contributed by atoms with Gasteiger partial charge in [0.15, 0.2) is 0 Å². The molecule has 0 atom stereocenters. The van der Waals surface area contributed by atoms with E-state index in [2.05, 4.69) is 23.7 Å². The van der Waals surface area contributed by atoms with Crippen molar-refractivity contribution in [2.24, 2.45) is 0 Å². The minimum Gasteiger partial charge on any atom is -0.356 e. The number of ether oxygens (including phenoxy) is 1. The second-order valence-electron chi connectivity index (χ2n) is 4.06. The SMILES string of the molecule is Clc1ccccc1C#CCOCC#Cc1ccccc1Cl. The molecule has 2 rings (SSSR count). The average Bonchev–Trinajstić information content (AvgIpc) is 2.50. The van der Waals surface area contributed by atoms with E-state index in [-0.39, 0.29) is 0 Å². The fourth-order valence-electron chi connectivity index (χ4n) is 1.54. The van der Waals surface area contributed by atoms with Crippen LogP contribution in [0, 0.1) is 23.7 Å². The molecule has 0 aliphatic carbocycles. The summed E-state index contributed by atoms with van der Waals surface area (Å²) in [6.45, 7) is 0.616. The number of rotatable bonds is 2. The lowest BCUT2D eigenvalue weighted by Gasteiger charge is -1.94. The van der Waals surface area contributed by atoms with Crippen LogP contribution in [0.3, 0.4) is 0 Å². The normalized spacial score (nSPS) is 9.24. The molecule has 3 heteroatoms. The van der Waals surface area contributed by atoms with Crippen molar-refractivity contribution in [3.63, 3.8) is 0 Å². The smallest absolute Gasteiger partial charge is 0.109 e. The standard InChI is InChI=1S/C18H12Cl2O/c19-17-11-3-1-7-15(17)9-5-13-21-14-6-10-16-8-2-4-12-18(16)20/h1-4,7-8,11-12H,13-14H2. The Labute approximate surface area is 134 Å². The summed E-state index contributed by atoms with van der Waals surface area (Å²) in [5, 5.41) is 1.28. The summed E-state index contributed by atoms with van der Waals surface area (Å²) in [4.78, 5) is 0. The molecule has 2 aromatic carbocycles. The van der Waals surface area contributed by atoms with Gasteiger partial charge in [-0.3, -0.25) is 0 Å². The first-order valence-electron chi connectivity index (χ1n) is 6.32. The Morgan fingerprint density at radius 2 is 1.14 bits per heavy atom. The van der Waals surface area contributed by atoms with Crippen LogP contribution in [0.2, 0.25) is 10.0 Å². The largest absolute Gasteiger partial charge is 0.356 e. The average molecular weight is 315 g/mol. The summed E-state index contributed by atoms with van der Waals surface area (Å²) in [7, 11) is 0. The highest BCUT2D eigenvalue weighted by Crippen LogP contribution is 2.13. The molecular formula is C18H12Cl2O. The Morgan fingerprint density at radius 1 is 0.714 bits per heavy atom. The van der Waals surface area contributed by atoms with Crippen LogP contribution in [0.25, 0.3) is 0 Å². The third-order valence-electron chi connectivity index (χ3n) is 2.54. The molecule has 0 amide bonds. The van der Waals surface area contributed by atoms with E-state index < -0.39 is 0 Å². The van der Waals surface area contributed by atoms with Crippen molar-refractivity contribution < 1.29 is 4.74 Å². The third kappa shape index (κ3) is 5.18. The van der Waals surface area contributed by atoms with Gasteiger partial charge < -0.3 is 4.74 Å². The minimum atomic E-state index is 0.308. The van der Waals surface area contributed by atoms with Gasteiger partial charge in [-0.1, -0.05) is 71.1 Å². The first-order valence-corrected chi connectivity index (χ1v) is 7.07. The van der Waals surface area contributed by atoms with E-state index in [9.17, 15) is 0 Å². The maximum Gasteiger partial charge on any atom is 0.109 e. The van der Waals surface area contributed by atoms with Crippen LogP contribution < -0.4 is 0 Å². The molecule has 0 saturated carbocycles. The van der Waals surface area contributed by atoms with Crippen LogP contribution in [-0.4, -0.2) is 13.2 Å². The minimum absolute atomic E-state index is 0.308. The monoisotopic (exact) mass is 314 g/mol. The van der Waals surface area contributed by atoms with Crippen molar-refractivity contribution in [2.75, 3.05) is 13.2 Å². The molecule has 0 bridgehead atoms. The van der Waals surface area contributed by atoms with Gasteiger partial charge in [0.05, 0.1) is 10.0 Å². The van der Waals surface area contributed by atoms with Gasteiger partial charge in [-0.25, -0.2) is 0 Å². The van der Waals surface area contributed by atoms with Crippen LogP contribution in [0.4, 0.5) is 0 Å². The quantitative estimate of drug-likeness (QED) is 0.589. The highest BCUT2D eigenvalue weighted by molar-refractivity contribution is 6.32. The summed E-state index contributed by atoms with van der Waals surface area (Å²) in [6.07, 6.45) is 0. The van der Waals surface area contributed by atoms with E-state index in [0.29, 0.717) is 23.3 Å². The molecule has 1 nitrogen and oxygen atoms in total. The molecule has 0 radical (unpaired) electrons. The molecule has 0 aliphatic heterocycles. The van der Waals surface area contributed by atoms with Crippen LogP contribution in [0.1, 0.15) is 11.1 Å². The van der Waals surface area contributed by atoms with Gasteiger partial charge in [0.2, 0.25) is 0 Å². The molecule has 0 fully saturated rings. The second-order valence-corrected chi connectivity index (χ2v) is 4.87. The summed E-state index contributed by atoms with van der Waals surface area (Å²) >= 11 is 12.0. The fourth-order valence-corrected chi connectivity index (χ4v) is 1.91. The highest BCUT2D eigenvalue weighted by Gasteiger charge is 1.93. The van der Waals surface area contributed by atoms with Gasteiger partial charge in [-0.2, -0.15) is 0 Å². The van der Waals surface area contributed by atoms with Crippen LogP contribution >= 0.6 is 23.2 Å². The zero-order valence-corrected chi connectivity index (χ0v) is 12.7. The van der Waals surface area contributed by atoms with Crippen molar-refractivity contribution >= 4 is 23.2 Å². The second kappa shape index (κ2) is 8.40. The molecule has 21 heavy (non-hydrogen) atoms. The van der Waals surface area contributed by atoms with Gasteiger partial charge in [0, 0.05) is 11.1 Å². The Balaban J connectivity index is 1.80. The summed E-state index contributed by atoms with van der Waals surface area (Å²) in [6, 6.07) is 14.9. The number of hydrogen-bond donors (Lipinski definition) is 0. The zero-order valence-electron chi connectivity index (χ0n) is 11.2. The molecule has 0 heterocycles. The molecule has 0 unspecified atom stereocenters. The van der Waals surface area contributed by atoms with Crippen LogP contribution in [0.5, 0.6) is 0 Å². The number of benzene rings is 2. The lowest BCUT2D eigenvalue weighted by Crippen LogP contribution is -1.91. The summed E-state index contributed by atoms with van der Waals surface area (Å²) < 4.78 is 5.32. The Bertz CT molecular complexity index is 666. The van der Waals surface area contributed by atoms with Gasteiger partial charge in [-0.15, -0.1) is 0 Å². The molecule has 2 aromatic rings. The van der Waals surface area contributed by atoms with Gasteiger partial charge in [-0.05, 0) is 24.3 Å². The van der Waals surface area contributed by atoms with Gasteiger partial charge in [0.1, 0.15) is 13.2 Å². The van der Waals surface area contributed by atoms with Crippen molar-refractivity contribution in [2.45, 2.75) is 0 Å². The maximum atomic E-state index is 5.99. The first kappa shape index (κ1) is 15.5. The number of hydrogen-bond acceptors (Lipinski definition) is 1. The predicted octanol–water partition coefficient (Wildman–Crippen LogP) is 4.41. The Morgan fingerprint density at radius 3 is 1.57 bits per heavy atom. The number of halogens is 2. The van der Waals surface area contributed by atoms with Crippen LogP contribution in [-0.2, 0) is 4.74 Å². The highest BCUT2D eigenvalue weighted by atomic mass is 35.5. The lowest BCUT2D eigenvalue weighted by atomic mass is 10.2. The molecular weight excluding hydrogens is 303 g/mol. The molecule has 0 N–H and O–H groups in total. The topological polar surface area (TPSA) is 9.23 Å². The molecule has 0 spiro atoms. The van der Waals surface area contributed by atoms with E-state index in [1.165, 1.54) is 0 Å². The fraction of sp³-hybridized carbons (Fsp3) is 0.111. The van der Waals surface area contributed by atoms with Crippen molar-refractivity contribution in [3.8, 4) is 23.7 Å². The van der Waals surface area contributed by atoms with Gasteiger partial charge >= 0.3 is 0 Å². The van der Waals surface area contributed by atoms with Gasteiger partial charge in [0.25, 0.3) is 0 Å². The predicted molar refractivity (Wildman–Crippen MR) is 87.5 cm³/mol. The van der Waals surface area contributed by atoms with Crippen molar-refractivity contribution in [3.05, 3.63) is 69.7 Å². The first-order chi connectivity index (χ1) is 10.3. The van der Waals surface area contributed by atoms with E-state index in [4.69, 9.17) is 27.9 Å². The molecule has 0 saturated heterocycles. The van der Waals surface area contributed by atoms with E-state index >= 15 is 0 Å². The van der Waals surface area contributed by atoms with Crippen LogP contribution in [0.15, 0.2) is 48.5 Å². The molecule has 104 valence electrons. The molecule has 0 aromatic heterocycles. The van der Waals surface area contributed by atoms with E-state index in [1.807, 2.05) is 48.5 Å². The summed E-state index contributed by atoms with van der Waals surface area (Å²) in [5.41, 5.74) is 1.59. The zero-order chi connectivity index (χ0) is 14.9. The van der Waals surface area contributed by atoms with E-state index in [0.717, 1.165) is 11.1 Å².